The molecule has 4 heteroatoms. The molecule has 1 amide bonds. The average molecular weight is 278 g/mol. The maximum absolute atomic E-state index is 12.0. The summed E-state index contributed by atoms with van der Waals surface area (Å²) in [6.07, 6.45) is 1.01. The van der Waals surface area contributed by atoms with Crippen molar-refractivity contribution in [2.24, 2.45) is 11.7 Å². The molecule has 112 valence electrons. The number of methoxy groups -OCH3 is 1. The van der Waals surface area contributed by atoms with Crippen molar-refractivity contribution < 1.29 is 9.53 Å². The number of nitrogens with two attached hydrogens (primary N) is 1. The van der Waals surface area contributed by atoms with Gasteiger partial charge in [-0.2, -0.15) is 0 Å². The summed E-state index contributed by atoms with van der Waals surface area (Å²) in [4.78, 5) is 12.0. The van der Waals surface area contributed by atoms with Crippen LogP contribution in [0.3, 0.4) is 0 Å². The van der Waals surface area contributed by atoms with Gasteiger partial charge in [-0.25, -0.2) is 0 Å². The molecule has 0 saturated heterocycles. The molecule has 1 aromatic carbocycles. The Balaban J connectivity index is 2.80. The normalized spacial score (nSPS) is 14.1. The predicted molar refractivity (Wildman–Crippen MR) is 81.4 cm³/mol. The second-order valence-corrected chi connectivity index (χ2v) is 5.39. The minimum Gasteiger partial charge on any atom is -0.383 e. The number of rotatable bonds is 7. The van der Waals surface area contributed by atoms with E-state index in [-0.39, 0.29) is 18.6 Å². The first-order chi connectivity index (χ1) is 9.49. The van der Waals surface area contributed by atoms with Gasteiger partial charge < -0.3 is 15.8 Å². The van der Waals surface area contributed by atoms with Crippen LogP contribution in [-0.4, -0.2) is 25.7 Å². The molecular weight excluding hydrogens is 252 g/mol. The summed E-state index contributed by atoms with van der Waals surface area (Å²) in [5, 5.41) is 3.01. The summed E-state index contributed by atoms with van der Waals surface area (Å²) in [7, 11) is 1.54. The molecule has 1 aromatic rings. The summed E-state index contributed by atoms with van der Waals surface area (Å²) in [6, 6.07) is 7.70. The molecule has 0 saturated carbocycles. The second kappa shape index (κ2) is 8.02. The first kappa shape index (κ1) is 16.7. The Morgan fingerprint density at radius 3 is 2.35 bits per heavy atom. The molecule has 0 spiro atoms. The average Bonchev–Trinajstić information content (AvgIpc) is 2.44. The van der Waals surface area contributed by atoms with Crippen molar-refractivity contribution in [3.8, 4) is 0 Å². The van der Waals surface area contributed by atoms with Crippen molar-refractivity contribution >= 4 is 5.91 Å². The van der Waals surface area contributed by atoms with E-state index < -0.39 is 6.04 Å². The predicted octanol–water partition coefficient (Wildman–Crippen LogP) is 2.04. The lowest BCUT2D eigenvalue weighted by Gasteiger charge is -2.24. The fourth-order valence-corrected chi connectivity index (χ4v) is 2.11. The van der Waals surface area contributed by atoms with Crippen LogP contribution in [0.2, 0.25) is 0 Å². The standard InChI is InChI=1S/C16H26N2O2/c1-5-12-6-8-13(9-7-12)15(11(2)3)18-16(19)14(17)10-20-4/h6-9,11,14-15H,5,10,17H2,1-4H3,(H,18,19). The molecule has 0 aromatic heterocycles. The molecular formula is C16H26N2O2. The molecule has 0 bridgehead atoms. The lowest BCUT2D eigenvalue weighted by molar-refractivity contribution is -0.124. The summed E-state index contributed by atoms with van der Waals surface area (Å²) < 4.78 is 4.92. The molecule has 2 atom stereocenters. The number of benzene rings is 1. The van der Waals surface area contributed by atoms with Gasteiger partial charge in [-0.05, 0) is 23.5 Å². The van der Waals surface area contributed by atoms with Crippen LogP contribution >= 0.6 is 0 Å². The molecule has 2 unspecified atom stereocenters. The molecule has 3 N–H and O–H groups in total. The fourth-order valence-electron chi connectivity index (χ4n) is 2.11. The first-order valence-corrected chi connectivity index (χ1v) is 7.13. The van der Waals surface area contributed by atoms with Gasteiger partial charge in [-0.1, -0.05) is 45.0 Å². The largest absolute Gasteiger partial charge is 0.383 e. The molecule has 1 rings (SSSR count). The Morgan fingerprint density at radius 1 is 1.30 bits per heavy atom. The highest BCUT2D eigenvalue weighted by Gasteiger charge is 2.21. The number of hydrogen-bond acceptors (Lipinski definition) is 3. The monoisotopic (exact) mass is 278 g/mol. The van der Waals surface area contributed by atoms with Crippen molar-refractivity contribution in [2.75, 3.05) is 13.7 Å². The Morgan fingerprint density at radius 2 is 1.90 bits per heavy atom. The fraction of sp³-hybridized carbons (Fsp3) is 0.562. The van der Waals surface area contributed by atoms with Crippen LogP contribution in [0.25, 0.3) is 0 Å². The van der Waals surface area contributed by atoms with E-state index in [0.29, 0.717) is 5.92 Å². The Bertz CT molecular complexity index is 415. The third kappa shape index (κ3) is 4.62. The maximum Gasteiger partial charge on any atom is 0.239 e. The SMILES string of the molecule is CCc1ccc(C(NC(=O)C(N)COC)C(C)C)cc1. The Hall–Kier alpha value is -1.39. The molecule has 4 nitrogen and oxygen atoms in total. The third-order valence-electron chi connectivity index (χ3n) is 3.39. The van der Waals surface area contributed by atoms with Crippen LogP contribution in [0.4, 0.5) is 0 Å². The summed E-state index contributed by atoms with van der Waals surface area (Å²) >= 11 is 0. The summed E-state index contributed by atoms with van der Waals surface area (Å²) in [5.74, 6) is 0.117. The number of amides is 1. The third-order valence-corrected chi connectivity index (χ3v) is 3.39. The molecule has 0 aliphatic carbocycles. The molecule has 0 aliphatic rings. The van der Waals surface area contributed by atoms with E-state index in [1.165, 1.54) is 12.7 Å². The number of nitrogens with one attached hydrogen (secondary N) is 1. The topological polar surface area (TPSA) is 64.4 Å². The van der Waals surface area contributed by atoms with Crippen LogP contribution in [0.5, 0.6) is 0 Å². The van der Waals surface area contributed by atoms with E-state index >= 15 is 0 Å². The number of carbonyl (C=O) groups is 1. The second-order valence-electron chi connectivity index (χ2n) is 5.39. The lowest BCUT2D eigenvalue weighted by atomic mass is 9.94. The minimum atomic E-state index is -0.629. The Labute approximate surface area is 121 Å². The highest BCUT2D eigenvalue weighted by Crippen LogP contribution is 2.22. The molecule has 20 heavy (non-hydrogen) atoms. The van der Waals surface area contributed by atoms with Crippen molar-refractivity contribution in [1.82, 2.24) is 5.32 Å². The van der Waals surface area contributed by atoms with Gasteiger partial charge in [-0.15, -0.1) is 0 Å². The maximum atomic E-state index is 12.0. The van der Waals surface area contributed by atoms with Gasteiger partial charge in [0.2, 0.25) is 5.91 Å². The van der Waals surface area contributed by atoms with E-state index in [2.05, 4.69) is 50.4 Å². The zero-order valence-electron chi connectivity index (χ0n) is 12.8. The van der Waals surface area contributed by atoms with Gasteiger partial charge in [0.15, 0.2) is 0 Å². The zero-order valence-corrected chi connectivity index (χ0v) is 12.8. The van der Waals surface area contributed by atoms with E-state index in [9.17, 15) is 4.79 Å². The van der Waals surface area contributed by atoms with Gasteiger partial charge in [0, 0.05) is 7.11 Å². The number of aryl methyl sites for hydroxylation is 1. The van der Waals surface area contributed by atoms with Gasteiger partial charge in [0.1, 0.15) is 6.04 Å². The van der Waals surface area contributed by atoms with Crippen molar-refractivity contribution in [3.05, 3.63) is 35.4 Å². The first-order valence-electron chi connectivity index (χ1n) is 7.13. The van der Waals surface area contributed by atoms with Crippen molar-refractivity contribution in [1.29, 1.82) is 0 Å². The van der Waals surface area contributed by atoms with Gasteiger partial charge in [0.25, 0.3) is 0 Å². The highest BCUT2D eigenvalue weighted by atomic mass is 16.5. The van der Waals surface area contributed by atoms with Gasteiger partial charge in [-0.3, -0.25) is 4.79 Å². The molecule has 0 fully saturated rings. The van der Waals surface area contributed by atoms with Crippen LogP contribution in [0, 0.1) is 5.92 Å². The lowest BCUT2D eigenvalue weighted by Crippen LogP contribution is -2.45. The molecule has 0 aliphatic heterocycles. The van der Waals surface area contributed by atoms with Crippen molar-refractivity contribution in [2.45, 2.75) is 39.3 Å². The number of ether oxygens (including phenoxy) is 1. The smallest absolute Gasteiger partial charge is 0.239 e. The van der Waals surface area contributed by atoms with Crippen LogP contribution < -0.4 is 11.1 Å². The zero-order chi connectivity index (χ0) is 15.1. The number of hydrogen-bond donors (Lipinski definition) is 2. The Kier molecular flexibility index (Phi) is 6.68. The van der Waals surface area contributed by atoms with E-state index in [0.717, 1.165) is 12.0 Å². The van der Waals surface area contributed by atoms with Crippen LogP contribution in [0.1, 0.15) is 37.9 Å². The highest BCUT2D eigenvalue weighted by molar-refractivity contribution is 5.82. The summed E-state index contributed by atoms with van der Waals surface area (Å²) in [5.41, 5.74) is 8.16. The summed E-state index contributed by atoms with van der Waals surface area (Å²) in [6.45, 7) is 6.52. The van der Waals surface area contributed by atoms with Gasteiger partial charge >= 0.3 is 0 Å². The number of carbonyl (C=O) groups excluding carboxylic acids is 1. The quantitative estimate of drug-likeness (QED) is 0.802. The van der Waals surface area contributed by atoms with Gasteiger partial charge in [0.05, 0.1) is 12.6 Å². The minimum absolute atomic E-state index is 0.0312. The molecule has 0 heterocycles. The van der Waals surface area contributed by atoms with E-state index in [1.54, 1.807) is 0 Å². The van der Waals surface area contributed by atoms with E-state index in [4.69, 9.17) is 10.5 Å². The van der Waals surface area contributed by atoms with Crippen molar-refractivity contribution in [3.63, 3.8) is 0 Å². The van der Waals surface area contributed by atoms with E-state index in [1.807, 2.05) is 0 Å². The van der Waals surface area contributed by atoms with Crippen LogP contribution in [-0.2, 0) is 16.0 Å². The molecule has 0 radical (unpaired) electrons. The van der Waals surface area contributed by atoms with Crippen LogP contribution in [0.15, 0.2) is 24.3 Å².